The molecule has 2 heterocycles. The van der Waals surface area contributed by atoms with Gasteiger partial charge in [0.2, 0.25) is 5.91 Å². The number of nitro benzene ring substituents is 1. The van der Waals surface area contributed by atoms with E-state index in [0.29, 0.717) is 5.69 Å². The van der Waals surface area contributed by atoms with Gasteiger partial charge in [-0.1, -0.05) is 17.7 Å². The Morgan fingerprint density at radius 1 is 1.03 bits per heavy atom. The van der Waals surface area contributed by atoms with E-state index in [9.17, 15) is 19.7 Å². The van der Waals surface area contributed by atoms with Crippen LogP contribution >= 0.6 is 0 Å². The van der Waals surface area contributed by atoms with Crippen LogP contribution in [0.15, 0.2) is 42.5 Å². The Labute approximate surface area is 174 Å². The summed E-state index contributed by atoms with van der Waals surface area (Å²) in [6, 6.07) is 11.9. The summed E-state index contributed by atoms with van der Waals surface area (Å²) in [5.41, 5.74) is 3.71. The third-order valence-electron chi connectivity index (χ3n) is 6.06. The second-order valence-electron chi connectivity index (χ2n) is 8.03. The first-order chi connectivity index (χ1) is 14.3. The number of aryl methyl sites for hydroxylation is 2. The van der Waals surface area contributed by atoms with Gasteiger partial charge in [-0.25, -0.2) is 4.90 Å². The molecular weight excluding hydrogens is 384 g/mol. The number of rotatable bonds is 4. The Bertz CT molecular complexity index is 997. The van der Waals surface area contributed by atoms with Gasteiger partial charge < -0.3 is 9.80 Å². The summed E-state index contributed by atoms with van der Waals surface area (Å²) in [6.45, 7) is 6.85. The van der Waals surface area contributed by atoms with Crippen LogP contribution < -0.4 is 14.7 Å². The number of nitro groups is 1. The van der Waals surface area contributed by atoms with E-state index < -0.39 is 4.92 Å². The Hall–Kier alpha value is -3.26. The molecule has 0 radical (unpaired) electrons. The topological polar surface area (TPSA) is 88.2 Å². The quantitative estimate of drug-likeness (QED) is 0.467. The number of hydrogen-bond donors (Lipinski definition) is 1. The zero-order valence-electron chi connectivity index (χ0n) is 17.1. The van der Waals surface area contributed by atoms with E-state index in [2.05, 4.69) is 4.90 Å². The Kier molecular flexibility index (Phi) is 5.26. The SMILES string of the molecule is Cc1ccc(N2C(=O)C[C@@H]([NH+]3CCN(c4ccc([N+](=O)[O-])cc4)CC3)C2=O)c(C)c1. The van der Waals surface area contributed by atoms with Crippen LogP contribution in [0.1, 0.15) is 17.5 Å². The van der Waals surface area contributed by atoms with Crippen LogP contribution in [-0.4, -0.2) is 49.0 Å². The molecule has 0 aliphatic carbocycles. The summed E-state index contributed by atoms with van der Waals surface area (Å²) >= 11 is 0. The number of amides is 2. The van der Waals surface area contributed by atoms with Crippen molar-refractivity contribution in [3.8, 4) is 0 Å². The first-order valence-corrected chi connectivity index (χ1v) is 10.1. The number of anilines is 2. The minimum atomic E-state index is -0.407. The van der Waals surface area contributed by atoms with E-state index in [4.69, 9.17) is 0 Å². The molecule has 1 N–H and O–H groups in total. The lowest BCUT2D eigenvalue weighted by Crippen LogP contribution is -3.19. The van der Waals surface area contributed by atoms with Crippen molar-refractivity contribution in [2.45, 2.75) is 26.3 Å². The molecule has 2 amide bonds. The highest BCUT2D eigenvalue weighted by atomic mass is 16.6. The molecule has 2 aromatic carbocycles. The number of piperazine rings is 1. The number of benzene rings is 2. The van der Waals surface area contributed by atoms with Crippen molar-refractivity contribution in [1.29, 1.82) is 0 Å². The van der Waals surface area contributed by atoms with Crippen LogP contribution in [0.25, 0.3) is 0 Å². The second-order valence-corrected chi connectivity index (χ2v) is 8.03. The third-order valence-corrected chi connectivity index (χ3v) is 6.06. The van der Waals surface area contributed by atoms with Crippen LogP contribution in [0.2, 0.25) is 0 Å². The van der Waals surface area contributed by atoms with Gasteiger partial charge in [0.15, 0.2) is 6.04 Å². The van der Waals surface area contributed by atoms with Crippen LogP contribution in [0.4, 0.5) is 17.1 Å². The van der Waals surface area contributed by atoms with Gasteiger partial charge in [0.25, 0.3) is 11.6 Å². The maximum atomic E-state index is 13.1. The van der Waals surface area contributed by atoms with Crippen molar-refractivity contribution < 1.29 is 19.4 Å². The first kappa shape index (κ1) is 20.0. The summed E-state index contributed by atoms with van der Waals surface area (Å²) in [4.78, 5) is 40.9. The average Bonchev–Trinajstić information content (AvgIpc) is 3.02. The van der Waals surface area contributed by atoms with Crippen LogP contribution in [-0.2, 0) is 9.59 Å². The summed E-state index contributed by atoms with van der Waals surface area (Å²) in [6.07, 6.45) is 0.235. The zero-order valence-corrected chi connectivity index (χ0v) is 17.1. The molecule has 4 rings (SSSR count). The number of carbonyl (C=O) groups is 2. The van der Waals surface area contributed by atoms with Gasteiger partial charge in [0, 0.05) is 17.8 Å². The third kappa shape index (κ3) is 3.66. The molecule has 0 spiro atoms. The lowest BCUT2D eigenvalue weighted by Gasteiger charge is -2.35. The van der Waals surface area contributed by atoms with E-state index in [0.717, 1.165) is 47.9 Å². The summed E-state index contributed by atoms with van der Waals surface area (Å²) in [5.74, 6) is -0.256. The molecule has 156 valence electrons. The number of quaternary nitrogens is 1. The molecule has 2 aliphatic heterocycles. The van der Waals surface area contributed by atoms with Gasteiger partial charge in [0.05, 0.1) is 43.2 Å². The molecule has 0 saturated carbocycles. The molecule has 8 nitrogen and oxygen atoms in total. The van der Waals surface area contributed by atoms with Crippen molar-refractivity contribution in [3.05, 3.63) is 63.7 Å². The Balaban J connectivity index is 1.43. The molecule has 0 unspecified atom stereocenters. The fourth-order valence-corrected chi connectivity index (χ4v) is 4.45. The van der Waals surface area contributed by atoms with Gasteiger partial charge in [-0.2, -0.15) is 0 Å². The molecule has 2 aromatic rings. The zero-order chi connectivity index (χ0) is 21.4. The maximum absolute atomic E-state index is 13.1. The number of nitrogens with one attached hydrogen (secondary N) is 1. The number of carbonyl (C=O) groups excluding carboxylic acids is 2. The molecule has 2 fully saturated rings. The van der Waals surface area contributed by atoms with Crippen molar-refractivity contribution in [3.63, 3.8) is 0 Å². The lowest BCUT2D eigenvalue weighted by molar-refractivity contribution is -0.915. The highest BCUT2D eigenvalue weighted by Crippen LogP contribution is 2.26. The van der Waals surface area contributed by atoms with Crippen molar-refractivity contribution >= 4 is 28.9 Å². The number of nitrogens with zero attached hydrogens (tertiary/aromatic N) is 3. The highest BCUT2D eigenvalue weighted by Gasteiger charge is 2.46. The molecule has 0 bridgehead atoms. The minimum Gasteiger partial charge on any atom is -0.360 e. The fraction of sp³-hybridized carbons (Fsp3) is 0.364. The largest absolute Gasteiger partial charge is 0.360 e. The summed E-state index contributed by atoms with van der Waals surface area (Å²) in [7, 11) is 0. The summed E-state index contributed by atoms with van der Waals surface area (Å²) < 4.78 is 0. The Morgan fingerprint density at radius 2 is 1.70 bits per heavy atom. The monoisotopic (exact) mass is 409 g/mol. The molecule has 0 aromatic heterocycles. The highest BCUT2D eigenvalue weighted by molar-refractivity contribution is 6.22. The van der Waals surface area contributed by atoms with Crippen molar-refractivity contribution in [2.24, 2.45) is 0 Å². The second kappa shape index (κ2) is 7.87. The van der Waals surface area contributed by atoms with Gasteiger partial charge in [0.1, 0.15) is 0 Å². The van der Waals surface area contributed by atoms with E-state index in [-0.39, 0.29) is 30.0 Å². The number of hydrogen-bond acceptors (Lipinski definition) is 5. The molecular formula is C22H25N4O4+. The smallest absolute Gasteiger partial charge is 0.292 e. The predicted molar refractivity (Wildman–Crippen MR) is 113 cm³/mol. The van der Waals surface area contributed by atoms with Gasteiger partial charge in [-0.05, 0) is 37.6 Å². The maximum Gasteiger partial charge on any atom is 0.292 e. The summed E-state index contributed by atoms with van der Waals surface area (Å²) in [5, 5.41) is 10.8. The van der Waals surface area contributed by atoms with Crippen LogP contribution in [0.3, 0.4) is 0 Å². The lowest BCUT2D eigenvalue weighted by atomic mass is 10.1. The van der Waals surface area contributed by atoms with Gasteiger partial charge in [-0.3, -0.25) is 19.7 Å². The van der Waals surface area contributed by atoms with E-state index in [1.807, 2.05) is 32.0 Å². The minimum absolute atomic E-state index is 0.0737. The van der Waals surface area contributed by atoms with E-state index >= 15 is 0 Å². The molecule has 30 heavy (non-hydrogen) atoms. The van der Waals surface area contributed by atoms with Gasteiger partial charge in [-0.15, -0.1) is 0 Å². The fourth-order valence-electron chi connectivity index (χ4n) is 4.45. The standard InChI is InChI=1S/C22H24N4O4/c1-15-3-8-19(16(2)13-15)25-21(27)14-20(22(25)28)24-11-9-23(10-12-24)17-4-6-18(7-5-17)26(29)30/h3-8,13,20H,9-12,14H2,1-2H3/p+1/t20-/m1/s1. The van der Waals surface area contributed by atoms with Gasteiger partial charge >= 0.3 is 0 Å². The van der Waals surface area contributed by atoms with Crippen molar-refractivity contribution in [1.82, 2.24) is 0 Å². The first-order valence-electron chi connectivity index (χ1n) is 10.1. The Morgan fingerprint density at radius 3 is 2.30 bits per heavy atom. The van der Waals surface area contributed by atoms with Crippen molar-refractivity contribution in [2.75, 3.05) is 36.0 Å². The molecule has 2 saturated heterocycles. The average molecular weight is 409 g/mol. The van der Waals surface area contributed by atoms with E-state index in [1.54, 1.807) is 12.1 Å². The van der Waals surface area contributed by atoms with Crippen LogP contribution in [0.5, 0.6) is 0 Å². The number of non-ortho nitro benzene ring substituents is 1. The predicted octanol–water partition coefficient (Wildman–Crippen LogP) is 1.25. The van der Waals surface area contributed by atoms with E-state index in [1.165, 1.54) is 17.0 Å². The molecule has 2 aliphatic rings. The molecule has 1 atom stereocenters. The normalized spacial score (nSPS) is 20.1. The van der Waals surface area contributed by atoms with Crippen LogP contribution in [0, 0.1) is 24.0 Å². The number of imide groups is 1. The molecule has 8 heteroatoms.